The average molecular weight is 344 g/mol. The molecule has 2 unspecified atom stereocenters. The number of sulfonamides is 1. The Kier molecular flexibility index (Phi) is 6.61. The zero-order chi connectivity index (χ0) is 16.9. The Balaban J connectivity index is 1.99. The smallest absolute Gasteiger partial charge is 0.330 e. The van der Waals surface area contributed by atoms with E-state index in [1.165, 1.54) is 6.08 Å². The van der Waals surface area contributed by atoms with Crippen molar-refractivity contribution in [1.29, 1.82) is 0 Å². The summed E-state index contributed by atoms with van der Waals surface area (Å²) in [5, 5.41) is 0. The van der Waals surface area contributed by atoms with Crippen molar-refractivity contribution in [1.82, 2.24) is 9.21 Å². The molecule has 0 N–H and O–H groups in total. The van der Waals surface area contributed by atoms with Crippen molar-refractivity contribution in [3.63, 3.8) is 0 Å². The van der Waals surface area contributed by atoms with Gasteiger partial charge in [-0.2, -0.15) is 4.31 Å². The van der Waals surface area contributed by atoms with Gasteiger partial charge in [-0.15, -0.1) is 0 Å². The van der Waals surface area contributed by atoms with Crippen LogP contribution in [0.25, 0.3) is 0 Å². The lowest BCUT2D eigenvalue weighted by molar-refractivity contribution is -0.137. The van der Waals surface area contributed by atoms with E-state index >= 15 is 0 Å². The lowest BCUT2D eigenvalue weighted by Gasteiger charge is -2.41. The number of hydrogen-bond donors (Lipinski definition) is 0. The minimum absolute atomic E-state index is 0.0150. The van der Waals surface area contributed by atoms with Gasteiger partial charge in [0.1, 0.15) is 0 Å². The summed E-state index contributed by atoms with van der Waals surface area (Å²) in [5.41, 5.74) is 0. The van der Waals surface area contributed by atoms with Crippen molar-refractivity contribution in [2.45, 2.75) is 51.6 Å². The van der Waals surface area contributed by atoms with Gasteiger partial charge in [-0.05, 0) is 39.7 Å². The molecule has 7 heteroatoms. The molecule has 2 aliphatic rings. The Bertz CT molecular complexity index is 532. The molecule has 0 radical (unpaired) electrons. The van der Waals surface area contributed by atoms with Crippen molar-refractivity contribution >= 4 is 16.0 Å². The minimum atomic E-state index is -3.09. The summed E-state index contributed by atoms with van der Waals surface area (Å²) >= 11 is 0. The van der Waals surface area contributed by atoms with Crippen molar-refractivity contribution in [2.24, 2.45) is 0 Å². The quantitative estimate of drug-likeness (QED) is 0.538. The van der Waals surface area contributed by atoms with Gasteiger partial charge in [0.25, 0.3) is 0 Å². The zero-order valence-corrected chi connectivity index (χ0v) is 14.9. The van der Waals surface area contributed by atoms with Crippen LogP contribution in [-0.4, -0.2) is 67.7 Å². The summed E-state index contributed by atoms with van der Waals surface area (Å²) in [6.07, 6.45) is 7.25. The van der Waals surface area contributed by atoms with Gasteiger partial charge in [-0.25, -0.2) is 13.2 Å². The number of carbonyl (C=O) groups is 1. The highest BCUT2D eigenvalue weighted by atomic mass is 32.2. The largest absolute Gasteiger partial charge is 0.463 e. The van der Waals surface area contributed by atoms with E-state index in [0.717, 1.165) is 32.2 Å². The van der Waals surface area contributed by atoms with Crippen molar-refractivity contribution in [3.8, 4) is 0 Å². The van der Waals surface area contributed by atoms with E-state index in [1.807, 2.05) is 13.0 Å². The molecule has 0 aromatic rings. The van der Waals surface area contributed by atoms with Crippen LogP contribution in [0.2, 0.25) is 0 Å². The van der Waals surface area contributed by atoms with E-state index in [1.54, 1.807) is 11.2 Å². The molecule has 0 aromatic heterocycles. The van der Waals surface area contributed by atoms with E-state index in [0.29, 0.717) is 19.7 Å². The average Bonchev–Trinajstić information content (AvgIpc) is 2.87. The third-order valence-electron chi connectivity index (χ3n) is 4.69. The highest BCUT2D eigenvalue weighted by Gasteiger charge is 2.38. The van der Waals surface area contributed by atoms with Crippen LogP contribution < -0.4 is 0 Å². The van der Waals surface area contributed by atoms with Gasteiger partial charge >= 0.3 is 5.97 Å². The van der Waals surface area contributed by atoms with Crippen LogP contribution in [0.15, 0.2) is 12.2 Å². The van der Waals surface area contributed by atoms with Gasteiger partial charge in [0.15, 0.2) is 0 Å². The lowest BCUT2D eigenvalue weighted by Crippen LogP contribution is -2.52. The third kappa shape index (κ3) is 4.78. The molecule has 0 saturated carbocycles. The maximum atomic E-state index is 12.2. The summed E-state index contributed by atoms with van der Waals surface area (Å²) in [6, 6.07) is 0.197. The number of carbonyl (C=O) groups excluding carboxylic acids is 1. The van der Waals surface area contributed by atoms with Crippen LogP contribution in [0.1, 0.15) is 39.5 Å². The lowest BCUT2D eigenvalue weighted by atomic mass is 9.96. The maximum Gasteiger partial charge on any atom is 0.330 e. The van der Waals surface area contributed by atoms with Crippen molar-refractivity contribution in [3.05, 3.63) is 12.2 Å². The third-order valence-corrected chi connectivity index (χ3v) is 6.73. The normalized spacial score (nSPS) is 27.3. The fraction of sp³-hybridized carbons (Fsp3) is 0.812. The molecule has 2 atom stereocenters. The molecule has 2 saturated heterocycles. The van der Waals surface area contributed by atoms with Gasteiger partial charge in [-0.3, -0.25) is 4.90 Å². The number of esters is 1. The predicted molar refractivity (Wildman–Crippen MR) is 89.6 cm³/mol. The zero-order valence-electron chi connectivity index (χ0n) is 14.1. The summed E-state index contributed by atoms with van der Waals surface area (Å²) < 4.78 is 30.9. The predicted octanol–water partition coefficient (Wildman–Crippen LogP) is 1.38. The fourth-order valence-electron chi connectivity index (χ4n) is 3.57. The Morgan fingerprint density at radius 2 is 2.09 bits per heavy atom. The van der Waals surface area contributed by atoms with E-state index < -0.39 is 10.0 Å². The number of rotatable bonds is 6. The first-order valence-corrected chi connectivity index (χ1v) is 10.1. The Morgan fingerprint density at radius 1 is 1.30 bits per heavy atom. The minimum Gasteiger partial charge on any atom is -0.463 e. The van der Waals surface area contributed by atoms with E-state index in [9.17, 15) is 13.2 Å². The van der Waals surface area contributed by atoms with Crippen LogP contribution in [0, 0.1) is 0 Å². The molecule has 2 heterocycles. The van der Waals surface area contributed by atoms with Crippen LogP contribution in [-0.2, 0) is 19.6 Å². The first-order valence-electron chi connectivity index (χ1n) is 8.52. The second-order valence-corrected chi connectivity index (χ2v) is 8.27. The summed E-state index contributed by atoms with van der Waals surface area (Å²) in [4.78, 5) is 13.7. The molecule has 0 spiro atoms. The Morgan fingerprint density at radius 3 is 2.74 bits per heavy atom. The molecule has 2 rings (SSSR count). The number of likely N-dealkylation sites (tertiary alicyclic amines) is 1. The molecule has 0 aromatic carbocycles. The summed E-state index contributed by atoms with van der Waals surface area (Å²) in [7, 11) is -3.09. The maximum absolute atomic E-state index is 12.2. The van der Waals surface area contributed by atoms with Gasteiger partial charge in [-0.1, -0.05) is 12.5 Å². The van der Waals surface area contributed by atoms with Crippen molar-refractivity contribution < 1.29 is 17.9 Å². The number of nitrogens with zero attached hydrogens (tertiary/aromatic N) is 2. The van der Waals surface area contributed by atoms with E-state index in [4.69, 9.17) is 4.74 Å². The molecule has 0 bridgehead atoms. The standard InChI is InChI=1S/C16H28N2O4S/c1-3-22-16(19)9-6-11-17-10-5-4-8-15(17)14(2)18-12-7-13-23(18,20)21/h6,9,14-15H,3-5,7-8,10-13H2,1-2H3/b9-6+. The molecule has 0 amide bonds. The van der Waals surface area contributed by atoms with Crippen molar-refractivity contribution in [2.75, 3.05) is 32.0 Å². The van der Waals surface area contributed by atoms with Gasteiger partial charge < -0.3 is 4.74 Å². The topological polar surface area (TPSA) is 66.9 Å². The Hall–Kier alpha value is -0.920. The molecule has 2 fully saturated rings. The molecule has 6 nitrogen and oxygen atoms in total. The van der Waals surface area contributed by atoms with Crippen LogP contribution in [0.3, 0.4) is 0 Å². The van der Waals surface area contributed by atoms with Gasteiger partial charge in [0.05, 0.1) is 12.4 Å². The van der Waals surface area contributed by atoms with Crippen LogP contribution in [0.5, 0.6) is 0 Å². The molecule has 132 valence electrons. The second kappa shape index (κ2) is 8.26. The number of piperidine rings is 1. The Labute approximate surface area is 139 Å². The molecular formula is C16H28N2O4S. The van der Waals surface area contributed by atoms with E-state index in [-0.39, 0.29) is 23.8 Å². The second-order valence-electron chi connectivity index (χ2n) is 6.23. The number of hydrogen-bond acceptors (Lipinski definition) is 5. The molecule has 23 heavy (non-hydrogen) atoms. The fourth-order valence-corrected chi connectivity index (χ4v) is 5.36. The van der Waals surface area contributed by atoms with Gasteiger partial charge in [0, 0.05) is 31.2 Å². The van der Waals surface area contributed by atoms with Crippen LogP contribution in [0.4, 0.5) is 0 Å². The SMILES string of the molecule is CCOC(=O)/C=C/CN1CCCCC1C(C)N1CCCS1(=O)=O. The highest BCUT2D eigenvalue weighted by Crippen LogP contribution is 2.27. The summed E-state index contributed by atoms with van der Waals surface area (Å²) in [6.45, 7) is 6.40. The first kappa shape index (κ1) is 18.4. The molecule has 0 aliphatic carbocycles. The van der Waals surface area contributed by atoms with Crippen LogP contribution >= 0.6 is 0 Å². The molecule has 2 aliphatic heterocycles. The molecular weight excluding hydrogens is 316 g/mol. The first-order chi connectivity index (χ1) is 11.0. The van der Waals surface area contributed by atoms with E-state index in [2.05, 4.69) is 4.90 Å². The monoisotopic (exact) mass is 344 g/mol. The number of ether oxygens (including phenoxy) is 1. The van der Waals surface area contributed by atoms with Gasteiger partial charge in [0.2, 0.25) is 10.0 Å². The summed E-state index contributed by atoms with van der Waals surface area (Å²) in [5.74, 6) is -0.0523. The highest BCUT2D eigenvalue weighted by molar-refractivity contribution is 7.89.